The van der Waals surface area contributed by atoms with E-state index in [0.717, 1.165) is 37.7 Å². The molecule has 0 saturated heterocycles. The number of aliphatic hydroxyl groups excluding tert-OH is 3. The van der Waals surface area contributed by atoms with Gasteiger partial charge in [0.2, 0.25) is 0 Å². The summed E-state index contributed by atoms with van der Waals surface area (Å²) in [5.41, 5.74) is 0.420. The van der Waals surface area contributed by atoms with Crippen molar-refractivity contribution in [3.05, 3.63) is 11.6 Å². The molecule has 2 aliphatic carbocycles. The SMILES string of the molecule is CC(=O)OCC1CC(O)C2(C)C(CO)=CCCC2C1(C)CCC(C)CCO. The Balaban J connectivity index is 2.34. The molecule has 6 unspecified atom stereocenters. The molecule has 0 aromatic carbocycles. The van der Waals surface area contributed by atoms with Crippen molar-refractivity contribution >= 4 is 5.97 Å². The largest absolute Gasteiger partial charge is 0.466 e. The van der Waals surface area contributed by atoms with Crippen LogP contribution in [0.15, 0.2) is 11.6 Å². The Labute approximate surface area is 163 Å². The molecule has 1 saturated carbocycles. The first kappa shape index (κ1) is 22.4. The minimum absolute atomic E-state index is 0.0182. The second-order valence-electron chi connectivity index (χ2n) is 9.21. The van der Waals surface area contributed by atoms with Gasteiger partial charge in [-0.3, -0.25) is 4.79 Å². The highest BCUT2D eigenvalue weighted by atomic mass is 16.5. The summed E-state index contributed by atoms with van der Waals surface area (Å²) in [5, 5.41) is 30.2. The Kier molecular flexibility index (Phi) is 7.51. The number of carbonyl (C=O) groups is 1. The van der Waals surface area contributed by atoms with E-state index in [2.05, 4.69) is 26.8 Å². The molecule has 3 N–H and O–H groups in total. The van der Waals surface area contributed by atoms with Crippen molar-refractivity contribution in [2.75, 3.05) is 19.8 Å². The number of esters is 1. The van der Waals surface area contributed by atoms with Gasteiger partial charge in [-0.1, -0.05) is 33.3 Å². The molecule has 0 heterocycles. The topological polar surface area (TPSA) is 87.0 Å². The molecule has 156 valence electrons. The van der Waals surface area contributed by atoms with E-state index >= 15 is 0 Å². The van der Waals surface area contributed by atoms with Crippen molar-refractivity contribution in [1.29, 1.82) is 0 Å². The second-order valence-corrected chi connectivity index (χ2v) is 9.21. The van der Waals surface area contributed by atoms with Crippen molar-refractivity contribution in [1.82, 2.24) is 0 Å². The van der Waals surface area contributed by atoms with Crippen LogP contribution in [-0.4, -0.2) is 47.2 Å². The number of rotatable bonds is 8. The summed E-state index contributed by atoms with van der Waals surface area (Å²) in [4.78, 5) is 11.4. The molecule has 0 aliphatic heterocycles. The van der Waals surface area contributed by atoms with Gasteiger partial charge in [-0.25, -0.2) is 0 Å². The molecule has 5 nitrogen and oxygen atoms in total. The Hall–Kier alpha value is -0.910. The summed E-state index contributed by atoms with van der Waals surface area (Å²) >= 11 is 0. The van der Waals surface area contributed by atoms with Crippen LogP contribution >= 0.6 is 0 Å². The third-order valence-electron chi connectivity index (χ3n) is 7.65. The molecule has 0 amide bonds. The van der Waals surface area contributed by atoms with Gasteiger partial charge >= 0.3 is 5.97 Å². The van der Waals surface area contributed by atoms with Crippen LogP contribution in [0.1, 0.15) is 66.2 Å². The lowest BCUT2D eigenvalue weighted by Gasteiger charge is -2.60. The fourth-order valence-corrected chi connectivity index (χ4v) is 5.71. The molecular weight excluding hydrogens is 344 g/mol. The first-order valence-electron chi connectivity index (χ1n) is 10.4. The molecule has 0 bridgehead atoms. The number of allylic oxidation sites excluding steroid dienone is 1. The predicted octanol–water partition coefficient (Wildman–Crippen LogP) is 3.07. The van der Waals surface area contributed by atoms with Gasteiger partial charge < -0.3 is 20.1 Å². The van der Waals surface area contributed by atoms with Crippen LogP contribution in [0.3, 0.4) is 0 Å². The second kappa shape index (κ2) is 9.06. The molecule has 5 heteroatoms. The summed E-state index contributed by atoms with van der Waals surface area (Å²) in [6.07, 6.45) is 6.74. The third-order valence-corrected chi connectivity index (χ3v) is 7.65. The first-order valence-corrected chi connectivity index (χ1v) is 10.4. The van der Waals surface area contributed by atoms with Gasteiger partial charge in [0.25, 0.3) is 0 Å². The maximum Gasteiger partial charge on any atom is 0.302 e. The fourth-order valence-electron chi connectivity index (χ4n) is 5.71. The summed E-state index contributed by atoms with van der Waals surface area (Å²) < 4.78 is 5.39. The minimum atomic E-state index is -0.551. The number of hydrogen-bond donors (Lipinski definition) is 3. The van der Waals surface area contributed by atoms with Crippen LogP contribution in [0.4, 0.5) is 0 Å². The van der Waals surface area contributed by atoms with E-state index in [9.17, 15) is 20.1 Å². The summed E-state index contributed by atoms with van der Waals surface area (Å²) in [6, 6.07) is 0. The summed E-state index contributed by atoms with van der Waals surface area (Å²) in [7, 11) is 0. The Morgan fingerprint density at radius 3 is 2.63 bits per heavy atom. The standard InChI is InChI=1S/C22H38O5/c1-15(9-11-23)8-10-21(3)18(14-27-16(2)25)12-20(26)22(4)17(13-24)6-5-7-19(21)22/h6,15,18-20,23-24,26H,5,7-14H2,1-4H3. The summed E-state index contributed by atoms with van der Waals surface area (Å²) in [5.74, 6) is 0.459. The Morgan fingerprint density at radius 1 is 1.33 bits per heavy atom. The van der Waals surface area contributed by atoms with Gasteiger partial charge in [0.1, 0.15) is 0 Å². The van der Waals surface area contributed by atoms with Crippen LogP contribution in [0, 0.1) is 28.6 Å². The van der Waals surface area contributed by atoms with Crippen LogP contribution < -0.4 is 0 Å². The molecular formula is C22H38O5. The lowest BCUT2D eigenvalue weighted by molar-refractivity contribution is -0.162. The molecule has 27 heavy (non-hydrogen) atoms. The van der Waals surface area contributed by atoms with E-state index < -0.39 is 11.5 Å². The zero-order chi connectivity index (χ0) is 20.2. The molecule has 2 rings (SSSR count). The van der Waals surface area contributed by atoms with Crippen molar-refractivity contribution < 1.29 is 24.9 Å². The van der Waals surface area contributed by atoms with E-state index in [-0.39, 0.29) is 36.4 Å². The van der Waals surface area contributed by atoms with Crippen molar-refractivity contribution in [3.63, 3.8) is 0 Å². The zero-order valence-corrected chi connectivity index (χ0v) is 17.4. The smallest absolute Gasteiger partial charge is 0.302 e. The van der Waals surface area contributed by atoms with Gasteiger partial charge in [0, 0.05) is 24.9 Å². The number of ether oxygens (including phenoxy) is 1. The van der Waals surface area contributed by atoms with Crippen molar-refractivity contribution in [2.24, 2.45) is 28.6 Å². The zero-order valence-electron chi connectivity index (χ0n) is 17.4. The van der Waals surface area contributed by atoms with E-state index in [0.29, 0.717) is 18.9 Å². The number of aliphatic hydroxyl groups is 3. The highest BCUT2D eigenvalue weighted by Gasteiger charge is 2.59. The van der Waals surface area contributed by atoms with Crippen LogP contribution in [0.25, 0.3) is 0 Å². The van der Waals surface area contributed by atoms with Crippen molar-refractivity contribution in [3.8, 4) is 0 Å². The maximum atomic E-state index is 11.4. The maximum absolute atomic E-state index is 11.4. The van der Waals surface area contributed by atoms with Crippen molar-refractivity contribution in [2.45, 2.75) is 72.3 Å². The molecule has 2 aliphatic rings. The Morgan fingerprint density at radius 2 is 2.04 bits per heavy atom. The van der Waals surface area contributed by atoms with Gasteiger partial charge in [-0.2, -0.15) is 0 Å². The summed E-state index contributed by atoms with van der Waals surface area (Å²) in [6.45, 7) is 8.49. The Bertz CT molecular complexity index is 545. The van der Waals surface area contributed by atoms with Gasteiger partial charge in [0.05, 0.1) is 19.3 Å². The molecule has 1 fully saturated rings. The van der Waals surface area contributed by atoms with Gasteiger partial charge in [0.15, 0.2) is 0 Å². The van der Waals surface area contributed by atoms with Crippen LogP contribution in [0.5, 0.6) is 0 Å². The molecule has 0 spiro atoms. The minimum Gasteiger partial charge on any atom is -0.466 e. The predicted molar refractivity (Wildman–Crippen MR) is 105 cm³/mol. The highest BCUT2D eigenvalue weighted by molar-refractivity contribution is 5.65. The average molecular weight is 383 g/mol. The van der Waals surface area contributed by atoms with E-state index in [4.69, 9.17) is 4.74 Å². The highest BCUT2D eigenvalue weighted by Crippen LogP contribution is 2.62. The number of fused-ring (bicyclic) bond motifs is 1. The number of carbonyl (C=O) groups excluding carboxylic acids is 1. The molecule has 0 radical (unpaired) electrons. The monoisotopic (exact) mass is 382 g/mol. The van der Waals surface area contributed by atoms with E-state index in [1.54, 1.807) is 0 Å². The average Bonchev–Trinajstić information content (AvgIpc) is 2.62. The van der Waals surface area contributed by atoms with Crippen LogP contribution in [-0.2, 0) is 9.53 Å². The fraction of sp³-hybridized carbons (Fsp3) is 0.864. The first-order chi connectivity index (χ1) is 12.7. The van der Waals surface area contributed by atoms with E-state index in [1.807, 2.05) is 0 Å². The van der Waals surface area contributed by atoms with Gasteiger partial charge in [-0.15, -0.1) is 0 Å². The lowest BCUT2D eigenvalue weighted by atomic mass is 9.45. The quantitative estimate of drug-likeness (QED) is 0.444. The number of hydrogen-bond acceptors (Lipinski definition) is 5. The molecule has 0 aromatic heterocycles. The van der Waals surface area contributed by atoms with Gasteiger partial charge in [-0.05, 0) is 54.9 Å². The van der Waals surface area contributed by atoms with Crippen LogP contribution in [0.2, 0.25) is 0 Å². The van der Waals surface area contributed by atoms with E-state index in [1.165, 1.54) is 6.92 Å². The normalized spacial score (nSPS) is 37.3. The molecule has 6 atom stereocenters. The molecule has 0 aromatic rings. The third kappa shape index (κ3) is 4.41. The lowest BCUT2D eigenvalue weighted by Crippen LogP contribution is -2.58.